The van der Waals surface area contributed by atoms with Crippen LogP contribution in [0.4, 0.5) is 0 Å². The lowest BCUT2D eigenvalue weighted by Gasteiger charge is -2.39. The van der Waals surface area contributed by atoms with Crippen LogP contribution in [0.5, 0.6) is 11.8 Å². The van der Waals surface area contributed by atoms with E-state index in [1.807, 2.05) is 30.6 Å². The lowest BCUT2D eigenvalue weighted by Crippen LogP contribution is -2.46. The van der Waals surface area contributed by atoms with E-state index in [4.69, 9.17) is 4.74 Å². The molecule has 4 heterocycles. The number of hydrogen-bond donors (Lipinski definition) is 0. The lowest BCUT2D eigenvalue weighted by atomic mass is 9.84. The van der Waals surface area contributed by atoms with Crippen LogP contribution in [0.25, 0.3) is 10.8 Å². The second kappa shape index (κ2) is 8.86. The highest BCUT2D eigenvalue weighted by Crippen LogP contribution is 2.41. The van der Waals surface area contributed by atoms with Crippen LogP contribution in [0.1, 0.15) is 41.6 Å². The Morgan fingerprint density at radius 1 is 0.941 bits per heavy atom. The summed E-state index contributed by atoms with van der Waals surface area (Å²) >= 11 is 0. The summed E-state index contributed by atoms with van der Waals surface area (Å²) in [7, 11) is 0. The third kappa shape index (κ3) is 4.00. The van der Waals surface area contributed by atoms with Crippen molar-refractivity contribution in [1.82, 2.24) is 19.9 Å². The minimum atomic E-state index is 0.0970. The molecule has 0 spiro atoms. The molecule has 6 nitrogen and oxygen atoms in total. The van der Waals surface area contributed by atoms with Crippen LogP contribution in [0.2, 0.25) is 0 Å². The van der Waals surface area contributed by atoms with E-state index in [0.717, 1.165) is 32.1 Å². The van der Waals surface area contributed by atoms with Gasteiger partial charge in [-0.3, -0.25) is 9.78 Å². The van der Waals surface area contributed by atoms with Crippen molar-refractivity contribution in [3.63, 3.8) is 0 Å². The highest BCUT2D eigenvalue weighted by atomic mass is 16.5. The zero-order valence-corrected chi connectivity index (χ0v) is 18.9. The summed E-state index contributed by atoms with van der Waals surface area (Å²) in [6.45, 7) is 0. The molecular formula is C28H26N4O2. The molecule has 2 fully saturated rings. The summed E-state index contributed by atoms with van der Waals surface area (Å²) in [5.74, 6) is 1.25. The summed E-state index contributed by atoms with van der Waals surface area (Å²) in [5.41, 5.74) is 2.02. The number of nitrogens with zero attached hydrogens (tertiary/aromatic N) is 4. The van der Waals surface area contributed by atoms with E-state index in [0.29, 0.717) is 29.3 Å². The SMILES string of the molecule is O=C(c1cccc(Oc2ncccn2)c1)N1[C@H]2CC[C@H]1CC(Cc1cccc3ccncc13)C2. The van der Waals surface area contributed by atoms with Gasteiger partial charge in [-0.15, -0.1) is 0 Å². The van der Waals surface area contributed by atoms with E-state index in [-0.39, 0.29) is 11.9 Å². The van der Waals surface area contributed by atoms with Crippen molar-refractivity contribution in [3.8, 4) is 11.8 Å². The predicted molar refractivity (Wildman–Crippen MR) is 130 cm³/mol. The van der Waals surface area contributed by atoms with Crippen molar-refractivity contribution < 1.29 is 9.53 Å². The zero-order valence-electron chi connectivity index (χ0n) is 18.9. The number of carbonyl (C=O) groups excluding carboxylic acids is 1. The van der Waals surface area contributed by atoms with E-state index < -0.39 is 0 Å². The van der Waals surface area contributed by atoms with Crippen molar-refractivity contribution in [2.45, 2.75) is 44.2 Å². The van der Waals surface area contributed by atoms with Gasteiger partial charge in [0.15, 0.2) is 0 Å². The molecule has 0 saturated carbocycles. The fourth-order valence-electron chi connectivity index (χ4n) is 5.74. The molecule has 1 amide bonds. The van der Waals surface area contributed by atoms with Gasteiger partial charge >= 0.3 is 6.01 Å². The van der Waals surface area contributed by atoms with E-state index in [1.54, 1.807) is 24.5 Å². The quantitative estimate of drug-likeness (QED) is 0.405. The monoisotopic (exact) mass is 450 g/mol. The molecule has 0 N–H and O–H groups in total. The van der Waals surface area contributed by atoms with Crippen LogP contribution in [-0.4, -0.2) is 37.8 Å². The molecule has 2 aromatic carbocycles. The van der Waals surface area contributed by atoms with E-state index in [2.05, 4.69) is 44.1 Å². The fourth-order valence-corrected chi connectivity index (χ4v) is 5.74. The predicted octanol–water partition coefficient (Wildman–Crippen LogP) is 5.44. The maximum Gasteiger partial charge on any atom is 0.321 e. The maximum absolute atomic E-state index is 13.5. The molecule has 2 aliphatic heterocycles. The van der Waals surface area contributed by atoms with Gasteiger partial charge in [-0.05, 0) is 79.3 Å². The van der Waals surface area contributed by atoms with E-state index in [9.17, 15) is 4.79 Å². The number of ether oxygens (including phenoxy) is 1. The van der Waals surface area contributed by atoms with Gasteiger partial charge in [-0.1, -0.05) is 24.3 Å². The number of carbonyl (C=O) groups is 1. The Hall–Kier alpha value is -3.80. The van der Waals surface area contributed by atoms with Gasteiger partial charge in [0.05, 0.1) is 0 Å². The molecule has 2 bridgehead atoms. The number of hydrogen-bond acceptors (Lipinski definition) is 5. The number of piperidine rings is 1. The van der Waals surface area contributed by atoms with Crippen LogP contribution >= 0.6 is 0 Å². The van der Waals surface area contributed by atoms with Gasteiger partial charge in [0, 0.05) is 47.8 Å². The van der Waals surface area contributed by atoms with E-state index >= 15 is 0 Å². The standard InChI is InChI=1S/C28H26N4O2/c33-27(22-6-2-7-25(17-22)34-28-30-11-3-12-31-28)32-23-8-9-24(32)16-19(15-23)14-21-5-1-4-20-10-13-29-18-26(20)21/h1-7,10-13,17-19,23-24H,8-9,14-16H2/t23-,24-/m0/s1. The zero-order chi connectivity index (χ0) is 22.9. The number of rotatable bonds is 5. The lowest BCUT2D eigenvalue weighted by molar-refractivity contribution is 0.0524. The first kappa shape index (κ1) is 20.8. The van der Waals surface area contributed by atoms with E-state index in [1.165, 1.54) is 16.3 Å². The average molecular weight is 451 g/mol. The summed E-state index contributed by atoms with van der Waals surface area (Å²) in [5, 5.41) is 2.49. The number of benzene rings is 2. The molecular weight excluding hydrogens is 424 g/mol. The number of aromatic nitrogens is 3. The van der Waals surface area contributed by atoms with Gasteiger partial charge < -0.3 is 9.64 Å². The Morgan fingerprint density at radius 3 is 2.56 bits per heavy atom. The van der Waals surface area contributed by atoms with Crippen molar-refractivity contribution >= 4 is 16.7 Å². The van der Waals surface area contributed by atoms with Crippen molar-refractivity contribution in [1.29, 1.82) is 0 Å². The molecule has 0 aliphatic carbocycles. The first-order valence-corrected chi connectivity index (χ1v) is 11.9. The van der Waals surface area contributed by atoms with Crippen molar-refractivity contribution in [2.75, 3.05) is 0 Å². The first-order valence-electron chi connectivity index (χ1n) is 11.9. The first-order chi connectivity index (χ1) is 16.7. The highest BCUT2D eigenvalue weighted by Gasteiger charge is 2.43. The fraction of sp³-hybridized carbons (Fsp3) is 0.286. The van der Waals surface area contributed by atoms with Crippen LogP contribution in [0, 0.1) is 5.92 Å². The summed E-state index contributed by atoms with van der Waals surface area (Å²) < 4.78 is 5.75. The minimum absolute atomic E-state index is 0.0970. The molecule has 2 aromatic heterocycles. The summed E-state index contributed by atoms with van der Waals surface area (Å²) in [6.07, 6.45) is 12.4. The molecule has 2 atom stereocenters. The van der Waals surface area contributed by atoms with Crippen LogP contribution < -0.4 is 4.74 Å². The molecule has 6 rings (SSSR count). The third-order valence-corrected chi connectivity index (χ3v) is 7.18. The molecule has 2 aliphatic rings. The number of amides is 1. The molecule has 6 heteroatoms. The smallest absolute Gasteiger partial charge is 0.321 e. The molecule has 2 saturated heterocycles. The average Bonchev–Trinajstić information content (AvgIpc) is 3.14. The van der Waals surface area contributed by atoms with Crippen LogP contribution in [0.15, 0.2) is 79.4 Å². The second-order valence-corrected chi connectivity index (χ2v) is 9.31. The van der Waals surface area contributed by atoms with Crippen molar-refractivity contribution in [3.05, 3.63) is 90.5 Å². The Kier molecular flexibility index (Phi) is 5.41. The third-order valence-electron chi connectivity index (χ3n) is 7.18. The van der Waals surface area contributed by atoms with Gasteiger partial charge in [0.25, 0.3) is 5.91 Å². The Balaban J connectivity index is 1.17. The van der Waals surface area contributed by atoms with Gasteiger partial charge in [0.1, 0.15) is 5.75 Å². The minimum Gasteiger partial charge on any atom is -0.424 e. The Bertz CT molecular complexity index is 1310. The topological polar surface area (TPSA) is 68.2 Å². The van der Waals surface area contributed by atoms with Gasteiger partial charge in [0.2, 0.25) is 0 Å². The van der Waals surface area contributed by atoms with Gasteiger partial charge in [-0.2, -0.15) is 0 Å². The second-order valence-electron chi connectivity index (χ2n) is 9.31. The summed E-state index contributed by atoms with van der Waals surface area (Å²) in [4.78, 5) is 28.2. The Labute approximate surface area is 198 Å². The summed E-state index contributed by atoms with van der Waals surface area (Å²) in [6, 6.07) is 18.5. The molecule has 0 unspecified atom stereocenters. The highest BCUT2D eigenvalue weighted by molar-refractivity contribution is 5.95. The molecule has 0 radical (unpaired) electrons. The number of fused-ring (bicyclic) bond motifs is 3. The Morgan fingerprint density at radius 2 is 1.74 bits per heavy atom. The number of pyridine rings is 1. The normalized spacial score (nSPS) is 21.5. The van der Waals surface area contributed by atoms with Crippen molar-refractivity contribution in [2.24, 2.45) is 5.92 Å². The maximum atomic E-state index is 13.5. The van der Waals surface area contributed by atoms with Crippen LogP contribution in [-0.2, 0) is 6.42 Å². The van der Waals surface area contributed by atoms with Crippen LogP contribution in [0.3, 0.4) is 0 Å². The largest absolute Gasteiger partial charge is 0.424 e. The molecule has 170 valence electrons. The van der Waals surface area contributed by atoms with Gasteiger partial charge in [-0.25, -0.2) is 9.97 Å². The molecule has 34 heavy (non-hydrogen) atoms. The molecule has 4 aromatic rings.